The monoisotopic (exact) mass is 243 g/mol. The minimum atomic E-state index is 0.147. The first-order chi connectivity index (χ1) is 7.86. The Morgan fingerprint density at radius 1 is 1.44 bits per heavy atom. The standard InChI is InChI=1S/C10H17N3O2S/c1-15-4-2-11-6-9-7-12-10(13-8-9)16-5-3-14/h7-8,11,14H,2-6H2,1H3. The van der Waals surface area contributed by atoms with E-state index in [1.165, 1.54) is 11.8 Å². The van der Waals surface area contributed by atoms with Gasteiger partial charge in [0.25, 0.3) is 0 Å². The van der Waals surface area contributed by atoms with E-state index in [9.17, 15) is 0 Å². The van der Waals surface area contributed by atoms with Crippen molar-refractivity contribution in [2.24, 2.45) is 0 Å². The molecule has 0 radical (unpaired) electrons. The Hall–Kier alpha value is -0.690. The topological polar surface area (TPSA) is 67.3 Å². The van der Waals surface area contributed by atoms with Crippen LogP contribution in [-0.4, -0.2) is 47.7 Å². The van der Waals surface area contributed by atoms with Crippen LogP contribution in [0.5, 0.6) is 0 Å². The Bertz CT molecular complexity index is 282. The highest BCUT2D eigenvalue weighted by Crippen LogP contribution is 2.10. The first-order valence-electron chi connectivity index (χ1n) is 5.11. The maximum atomic E-state index is 8.65. The van der Waals surface area contributed by atoms with Gasteiger partial charge in [-0.05, 0) is 0 Å². The summed E-state index contributed by atoms with van der Waals surface area (Å²) >= 11 is 1.45. The van der Waals surface area contributed by atoms with Gasteiger partial charge in [0.15, 0.2) is 5.16 Å². The third-order valence-corrected chi connectivity index (χ3v) is 2.67. The van der Waals surface area contributed by atoms with Crippen molar-refractivity contribution in [2.45, 2.75) is 11.7 Å². The van der Waals surface area contributed by atoms with Crippen molar-refractivity contribution in [1.82, 2.24) is 15.3 Å². The SMILES string of the molecule is COCCNCc1cnc(SCCO)nc1. The molecule has 5 nitrogen and oxygen atoms in total. The van der Waals surface area contributed by atoms with Crippen molar-refractivity contribution in [1.29, 1.82) is 0 Å². The summed E-state index contributed by atoms with van der Waals surface area (Å²) in [6, 6.07) is 0. The number of nitrogens with one attached hydrogen (secondary N) is 1. The lowest BCUT2D eigenvalue weighted by Gasteiger charge is -2.04. The van der Waals surface area contributed by atoms with Crippen LogP contribution in [0, 0.1) is 0 Å². The van der Waals surface area contributed by atoms with Gasteiger partial charge in [0.1, 0.15) is 0 Å². The van der Waals surface area contributed by atoms with Crippen LogP contribution in [0.1, 0.15) is 5.56 Å². The van der Waals surface area contributed by atoms with Crippen molar-refractivity contribution >= 4 is 11.8 Å². The predicted molar refractivity (Wildman–Crippen MR) is 63.4 cm³/mol. The summed E-state index contributed by atoms with van der Waals surface area (Å²) in [6.07, 6.45) is 3.60. The summed E-state index contributed by atoms with van der Waals surface area (Å²) in [6.45, 7) is 2.41. The molecule has 0 aliphatic rings. The molecule has 0 amide bonds. The first-order valence-corrected chi connectivity index (χ1v) is 6.09. The molecule has 0 saturated carbocycles. The van der Waals surface area contributed by atoms with Crippen LogP contribution in [0.2, 0.25) is 0 Å². The van der Waals surface area contributed by atoms with E-state index in [4.69, 9.17) is 9.84 Å². The number of aliphatic hydroxyl groups is 1. The zero-order chi connectivity index (χ0) is 11.6. The molecule has 6 heteroatoms. The smallest absolute Gasteiger partial charge is 0.187 e. The molecule has 1 aromatic heterocycles. The number of hydrogen-bond acceptors (Lipinski definition) is 6. The Labute approximate surface area is 99.6 Å². The first kappa shape index (κ1) is 13.4. The molecular formula is C10H17N3O2S. The fourth-order valence-electron chi connectivity index (χ4n) is 1.05. The Morgan fingerprint density at radius 3 is 2.81 bits per heavy atom. The van der Waals surface area contributed by atoms with Crippen LogP contribution in [0.4, 0.5) is 0 Å². The largest absolute Gasteiger partial charge is 0.396 e. The number of ether oxygens (including phenoxy) is 1. The van der Waals surface area contributed by atoms with Crippen molar-refractivity contribution in [3.05, 3.63) is 18.0 Å². The molecule has 0 aliphatic carbocycles. The molecule has 0 aromatic carbocycles. The zero-order valence-electron chi connectivity index (χ0n) is 9.35. The number of hydrogen-bond donors (Lipinski definition) is 2. The van der Waals surface area contributed by atoms with Crippen molar-refractivity contribution in [3.63, 3.8) is 0 Å². The van der Waals surface area contributed by atoms with Gasteiger partial charge in [-0.1, -0.05) is 11.8 Å². The van der Waals surface area contributed by atoms with Gasteiger partial charge >= 0.3 is 0 Å². The van der Waals surface area contributed by atoms with Crippen molar-refractivity contribution in [3.8, 4) is 0 Å². The maximum Gasteiger partial charge on any atom is 0.187 e. The molecule has 0 spiro atoms. The van der Waals surface area contributed by atoms with Crippen LogP contribution in [-0.2, 0) is 11.3 Å². The predicted octanol–water partition coefficient (Wildman–Crippen LogP) is 0.297. The summed E-state index contributed by atoms with van der Waals surface area (Å²) in [5.41, 5.74) is 1.05. The highest BCUT2D eigenvalue weighted by Gasteiger charge is 1.98. The van der Waals surface area contributed by atoms with Crippen LogP contribution >= 0.6 is 11.8 Å². The number of aliphatic hydroxyl groups excluding tert-OH is 1. The quantitative estimate of drug-likeness (QED) is 0.389. The molecule has 0 atom stereocenters. The highest BCUT2D eigenvalue weighted by molar-refractivity contribution is 7.99. The molecule has 90 valence electrons. The molecule has 1 rings (SSSR count). The van der Waals surface area contributed by atoms with E-state index >= 15 is 0 Å². The summed E-state index contributed by atoms with van der Waals surface area (Å²) in [7, 11) is 1.68. The van der Waals surface area contributed by atoms with Crippen molar-refractivity contribution in [2.75, 3.05) is 32.6 Å². The van der Waals surface area contributed by atoms with E-state index in [0.29, 0.717) is 17.5 Å². The molecule has 1 aromatic rings. The number of nitrogens with zero attached hydrogens (tertiary/aromatic N) is 2. The third-order valence-electron chi connectivity index (χ3n) is 1.82. The fraction of sp³-hybridized carbons (Fsp3) is 0.600. The number of thioether (sulfide) groups is 1. The fourth-order valence-corrected chi connectivity index (χ4v) is 1.58. The molecule has 0 saturated heterocycles. The minimum absolute atomic E-state index is 0.147. The van der Waals surface area contributed by atoms with Gasteiger partial charge in [-0.15, -0.1) is 0 Å². The normalized spacial score (nSPS) is 10.6. The summed E-state index contributed by atoms with van der Waals surface area (Å²) < 4.78 is 4.92. The lowest BCUT2D eigenvalue weighted by Crippen LogP contribution is -2.18. The Kier molecular flexibility index (Phi) is 7.07. The molecule has 1 heterocycles. The summed E-state index contributed by atoms with van der Waals surface area (Å²) in [5.74, 6) is 0.630. The summed E-state index contributed by atoms with van der Waals surface area (Å²) in [4.78, 5) is 8.37. The zero-order valence-corrected chi connectivity index (χ0v) is 10.2. The maximum absolute atomic E-state index is 8.65. The molecule has 2 N–H and O–H groups in total. The minimum Gasteiger partial charge on any atom is -0.396 e. The van der Waals surface area contributed by atoms with Gasteiger partial charge in [-0.3, -0.25) is 0 Å². The number of rotatable bonds is 8. The second kappa shape index (κ2) is 8.46. The average molecular weight is 243 g/mol. The summed E-state index contributed by atoms with van der Waals surface area (Å²) in [5, 5.41) is 12.6. The van der Waals surface area contributed by atoms with Crippen LogP contribution in [0.3, 0.4) is 0 Å². The van der Waals surface area contributed by atoms with E-state index in [2.05, 4.69) is 15.3 Å². The lowest BCUT2D eigenvalue weighted by molar-refractivity contribution is 0.199. The van der Waals surface area contributed by atoms with Crippen LogP contribution < -0.4 is 5.32 Å². The van der Waals surface area contributed by atoms with E-state index in [-0.39, 0.29) is 6.61 Å². The van der Waals surface area contributed by atoms with E-state index < -0.39 is 0 Å². The molecule has 0 bridgehead atoms. The lowest BCUT2D eigenvalue weighted by atomic mass is 10.3. The average Bonchev–Trinajstić information content (AvgIpc) is 2.33. The van der Waals surface area contributed by atoms with E-state index in [0.717, 1.165) is 18.7 Å². The van der Waals surface area contributed by atoms with Crippen LogP contribution in [0.25, 0.3) is 0 Å². The Balaban J connectivity index is 2.27. The Morgan fingerprint density at radius 2 is 2.19 bits per heavy atom. The highest BCUT2D eigenvalue weighted by atomic mass is 32.2. The van der Waals surface area contributed by atoms with Crippen LogP contribution in [0.15, 0.2) is 17.6 Å². The molecule has 16 heavy (non-hydrogen) atoms. The van der Waals surface area contributed by atoms with Gasteiger partial charge in [-0.25, -0.2) is 9.97 Å². The van der Waals surface area contributed by atoms with Gasteiger partial charge in [0.05, 0.1) is 13.2 Å². The second-order valence-corrected chi connectivity index (χ2v) is 4.18. The van der Waals surface area contributed by atoms with Gasteiger partial charge in [0, 0.05) is 43.9 Å². The molecule has 0 aliphatic heterocycles. The number of aromatic nitrogens is 2. The van der Waals surface area contributed by atoms with E-state index in [1.807, 2.05) is 0 Å². The van der Waals surface area contributed by atoms with Gasteiger partial charge < -0.3 is 15.2 Å². The van der Waals surface area contributed by atoms with Crippen molar-refractivity contribution < 1.29 is 9.84 Å². The second-order valence-electron chi connectivity index (χ2n) is 3.12. The van der Waals surface area contributed by atoms with Gasteiger partial charge in [-0.2, -0.15) is 0 Å². The molecule has 0 unspecified atom stereocenters. The van der Waals surface area contributed by atoms with E-state index in [1.54, 1.807) is 19.5 Å². The molecular weight excluding hydrogens is 226 g/mol. The number of methoxy groups -OCH3 is 1. The van der Waals surface area contributed by atoms with Gasteiger partial charge in [0.2, 0.25) is 0 Å². The molecule has 0 fully saturated rings. The third kappa shape index (κ3) is 5.41.